The largest absolute Gasteiger partial charge is 0.371 e. The van der Waals surface area contributed by atoms with E-state index in [-0.39, 0.29) is 11.9 Å². The number of anilines is 3. The molecule has 7 nitrogen and oxygen atoms in total. The highest BCUT2D eigenvalue weighted by molar-refractivity contribution is 6.04. The molecule has 0 spiro atoms. The Morgan fingerprint density at radius 2 is 1.62 bits per heavy atom. The fourth-order valence-electron chi connectivity index (χ4n) is 3.29. The lowest BCUT2D eigenvalue weighted by molar-refractivity contribution is 0.0943. The Bertz CT molecular complexity index is 925. The molecule has 0 aromatic heterocycles. The Balaban J connectivity index is 1.76. The number of hydrogen-bond acceptors (Lipinski definition) is 4. The third-order valence-electron chi connectivity index (χ3n) is 4.64. The maximum absolute atomic E-state index is 12.7. The molecule has 0 atom stereocenters. The molecule has 3 rings (SSSR count). The average molecular weight is 391 g/mol. The number of nitriles is 1. The molecule has 0 saturated carbocycles. The average Bonchev–Trinajstić information content (AvgIpc) is 3.22. The molecule has 29 heavy (non-hydrogen) atoms. The summed E-state index contributed by atoms with van der Waals surface area (Å²) in [6.45, 7) is 5.68. The molecule has 7 heteroatoms. The molecular formula is C22H25N5O2. The lowest BCUT2D eigenvalue weighted by atomic mass is 10.1. The normalized spacial score (nSPS) is 13.1. The molecule has 0 aliphatic carbocycles. The van der Waals surface area contributed by atoms with E-state index in [1.54, 1.807) is 36.4 Å². The van der Waals surface area contributed by atoms with Gasteiger partial charge in [0.15, 0.2) is 0 Å². The summed E-state index contributed by atoms with van der Waals surface area (Å²) < 4.78 is 0. The minimum atomic E-state index is -0.418. The summed E-state index contributed by atoms with van der Waals surface area (Å²) in [6.07, 6.45) is 2.22. The van der Waals surface area contributed by atoms with Gasteiger partial charge in [-0.2, -0.15) is 5.26 Å². The molecule has 1 aliphatic rings. The second-order valence-electron chi connectivity index (χ2n) is 7.32. The quantitative estimate of drug-likeness (QED) is 0.719. The predicted octanol–water partition coefficient (Wildman–Crippen LogP) is 3.94. The van der Waals surface area contributed by atoms with Crippen molar-refractivity contribution in [3.63, 3.8) is 0 Å². The zero-order valence-electron chi connectivity index (χ0n) is 16.7. The van der Waals surface area contributed by atoms with E-state index in [0.717, 1.165) is 31.6 Å². The first-order valence-corrected chi connectivity index (χ1v) is 9.74. The van der Waals surface area contributed by atoms with Crippen LogP contribution < -0.4 is 20.9 Å². The molecule has 1 fully saturated rings. The zero-order chi connectivity index (χ0) is 20.8. The van der Waals surface area contributed by atoms with Gasteiger partial charge in [0.25, 0.3) is 5.91 Å². The van der Waals surface area contributed by atoms with Crippen LogP contribution in [0.5, 0.6) is 0 Å². The van der Waals surface area contributed by atoms with Crippen molar-refractivity contribution in [3.05, 3.63) is 53.6 Å². The summed E-state index contributed by atoms with van der Waals surface area (Å²) >= 11 is 0. The minimum absolute atomic E-state index is 0.0187. The summed E-state index contributed by atoms with van der Waals surface area (Å²) in [5.41, 5.74) is 3.07. The summed E-state index contributed by atoms with van der Waals surface area (Å²) in [7, 11) is 0. The van der Waals surface area contributed by atoms with E-state index in [1.165, 1.54) is 0 Å². The fraction of sp³-hybridized carbons (Fsp3) is 0.318. The van der Waals surface area contributed by atoms with E-state index in [2.05, 4.69) is 20.9 Å². The first kappa shape index (κ1) is 20.2. The van der Waals surface area contributed by atoms with Gasteiger partial charge in [-0.05, 0) is 69.2 Å². The fourth-order valence-corrected chi connectivity index (χ4v) is 3.29. The molecular weight excluding hydrogens is 366 g/mol. The van der Waals surface area contributed by atoms with Gasteiger partial charge in [-0.1, -0.05) is 0 Å². The van der Waals surface area contributed by atoms with E-state index >= 15 is 0 Å². The number of nitrogens with one attached hydrogen (secondary N) is 3. The van der Waals surface area contributed by atoms with Gasteiger partial charge >= 0.3 is 6.03 Å². The van der Waals surface area contributed by atoms with Crippen LogP contribution in [0.1, 0.15) is 42.6 Å². The van der Waals surface area contributed by atoms with Crippen molar-refractivity contribution in [2.75, 3.05) is 28.6 Å². The van der Waals surface area contributed by atoms with Crippen molar-refractivity contribution >= 4 is 29.0 Å². The number of nitrogens with zero attached hydrogens (tertiary/aromatic N) is 2. The molecule has 2 aromatic rings. The standard InChI is InChI=1S/C22H25N5O2/c1-15(2)24-21(28)19-13-18(9-10-20(19)27-11-3-4-12-27)26-22(29)25-17-7-5-16(14-23)6-8-17/h5-10,13,15H,3-4,11-12H2,1-2H3,(H,24,28)(H2,25,26,29). The molecule has 1 saturated heterocycles. The molecule has 0 radical (unpaired) electrons. The Morgan fingerprint density at radius 3 is 2.24 bits per heavy atom. The van der Waals surface area contributed by atoms with Crippen molar-refractivity contribution < 1.29 is 9.59 Å². The van der Waals surface area contributed by atoms with E-state index in [9.17, 15) is 9.59 Å². The highest BCUT2D eigenvalue weighted by Gasteiger charge is 2.21. The lowest BCUT2D eigenvalue weighted by Crippen LogP contribution is -2.32. The maximum Gasteiger partial charge on any atom is 0.323 e. The van der Waals surface area contributed by atoms with Crippen LogP contribution in [0.25, 0.3) is 0 Å². The number of benzene rings is 2. The van der Waals surface area contributed by atoms with Crippen LogP contribution in [0.15, 0.2) is 42.5 Å². The molecule has 1 heterocycles. The number of carbonyl (C=O) groups excluding carboxylic acids is 2. The number of carbonyl (C=O) groups is 2. The second kappa shape index (κ2) is 9.11. The van der Waals surface area contributed by atoms with E-state index in [1.807, 2.05) is 26.0 Å². The summed E-state index contributed by atoms with van der Waals surface area (Å²) in [4.78, 5) is 27.3. The number of hydrogen-bond donors (Lipinski definition) is 3. The van der Waals surface area contributed by atoms with Crippen LogP contribution in [0.3, 0.4) is 0 Å². The van der Waals surface area contributed by atoms with Gasteiger partial charge in [0.1, 0.15) is 0 Å². The molecule has 3 N–H and O–H groups in total. The highest BCUT2D eigenvalue weighted by atomic mass is 16.2. The van der Waals surface area contributed by atoms with Gasteiger partial charge in [0, 0.05) is 36.2 Å². The van der Waals surface area contributed by atoms with E-state index < -0.39 is 6.03 Å². The monoisotopic (exact) mass is 391 g/mol. The van der Waals surface area contributed by atoms with Gasteiger partial charge in [-0.15, -0.1) is 0 Å². The van der Waals surface area contributed by atoms with Gasteiger partial charge in [-0.3, -0.25) is 4.79 Å². The first-order valence-electron chi connectivity index (χ1n) is 9.74. The van der Waals surface area contributed by atoms with Crippen LogP contribution in [0.2, 0.25) is 0 Å². The zero-order valence-corrected chi connectivity index (χ0v) is 16.7. The van der Waals surface area contributed by atoms with Crippen LogP contribution in [-0.4, -0.2) is 31.1 Å². The summed E-state index contributed by atoms with van der Waals surface area (Å²) in [5.74, 6) is -0.155. The highest BCUT2D eigenvalue weighted by Crippen LogP contribution is 2.28. The Labute approximate surface area is 170 Å². The van der Waals surface area contributed by atoms with Crippen LogP contribution >= 0.6 is 0 Å². The lowest BCUT2D eigenvalue weighted by Gasteiger charge is -2.22. The van der Waals surface area contributed by atoms with Gasteiger partial charge in [0.2, 0.25) is 0 Å². The first-order chi connectivity index (χ1) is 14.0. The van der Waals surface area contributed by atoms with Gasteiger partial charge in [0.05, 0.1) is 17.2 Å². The van der Waals surface area contributed by atoms with Crippen LogP contribution in [0.4, 0.5) is 21.9 Å². The summed E-state index contributed by atoms with van der Waals surface area (Å²) in [5, 5.41) is 17.3. The SMILES string of the molecule is CC(C)NC(=O)c1cc(NC(=O)Nc2ccc(C#N)cc2)ccc1N1CCCC1. The number of rotatable bonds is 5. The number of amides is 3. The van der Waals surface area contributed by atoms with Gasteiger partial charge in [-0.25, -0.2) is 4.79 Å². The van der Waals surface area contributed by atoms with Crippen LogP contribution in [0, 0.1) is 11.3 Å². The molecule has 0 unspecified atom stereocenters. The van der Waals surface area contributed by atoms with Crippen LogP contribution in [-0.2, 0) is 0 Å². The molecule has 2 aromatic carbocycles. The Morgan fingerprint density at radius 1 is 1.00 bits per heavy atom. The smallest absolute Gasteiger partial charge is 0.323 e. The maximum atomic E-state index is 12.7. The third kappa shape index (κ3) is 5.26. The van der Waals surface area contributed by atoms with Crippen molar-refractivity contribution in [1.82, 2.24) is 5.32 Å². The minimum Gasteiger partial charge on any atom is -0.371 e. The second-order valence-corrected chi connectivity index (χ2v) is 7.32. The molecule has 3 amide bonds. The Kier molecular flexibility index (Phi) is 6.35. The predicted molar refractivity (Wildman–Crippen MR) is 114 cm³/mol. The molecule has 0 bridgehead atoms. The van der Waals surface area contributed by atoms with Crippen molar-refractivity contribution in [1.29, 1.82) is 5.26 Å². The van der Waals surface area contributed by atoms with E-state index in [0.29, 0.717) is 22.5 Å². The van der Waals surface area contributed by atoms with Crippen molar-refractivity contribution in [2.45, 2.75) is 32.7 Å². The summed E-state index contributed by atoms with van der Waals surface area (Å²) in [6, 6.07) is 13.6. The molecule has 1 aliphatic heterocycles. The number of urea groups is 1. The van der Waals surface area contributed by atoms with E-state index in [4.69, 9.17) is 5.26 Å². The topological polar surface area (TPSA) is 97.3 Å². The Hall–Kier alpha value is -3.53. The van der Waals surface area contributed by atoms with Crippen molar-refractivity contribution in [3.8, 4) is 6.07 Å². The third-order valence-corrected chi connectivity index (χ3v) is 4.64. The van der Waals surface area contributed by atoms with Gasteiger partial charge < -0.3 is 20.9 Å². The van der Waals surface area contributed by atoms with Crippen molar-refractivity contribution in [2.24, 2.45) is 0 Å². The molecule has 150 valence electrons.